The predicted octanol–water partition coefficient (Wildman–Crippen LogP) is 7.34. The lowest BCUT2D eigenvalue weighted by Gasteiger charge is -2.11. The summed E-state index contributed by atoms with van der Waals surface area (Å²) in [6.07, 6.45) is 0.829. The van der Waals surface area contributed by atoms with E-state index in [1.807, 2.05) is 103 Å². The molecule has 2 N–H and O–H groups in total. The molecule has 0 aliphatic carbocycles. The van der Waals surface area contributed by atoms with E-state index < -0.39 is 0 Å². The van der Waals surface area contributed by atoms with Crippen LogP contribution in [0.3, 0.4) is 0 Å². The van der Waals surface area contributed by atoms with Gasteiger partial charge in [0.2, 0.25) is 0 Å². The molecular formula is C33H24N2O3. The monoisotopic (exact) mass is 496 g/mol. The van der Waals surface area contributed by atoms with E-state index in [4.69, 9.17) is 0 Å². The van der Waals surface area contributed by atoms with Crippen molar-refractivity contribution in [3.63, 3.8) is 0 Å². The summed E-state index contributed by atoms with van der Waals surface area (Å²) in [5, 5.41) is 5.80. The van der Waals surface area contributed by atoms with E-state index >= 15 is 0 Å². The normalized spacial score (nSPS) is 10.4. The van der Waals surface area contributed by atoms with Gasteiger partial charge in [0, 0.05) is 28.1 Å². The number of amides is 2. The van der Waals surface area contributed by atoms with Crippen molar-refractivity contribution < 1.29 is 14.4 Å². The molecule has 5 aromatic carbocycles. The minimum absolute atomic E-state index is 0.174. The third kappa shape index (κ3) is 5.74. The highest BCUT2D eigenvalue weighted by Gasteiger charge is 2.09. The van der Waals surface area contributed by atoms with E-state index in [1.165, 1.54) is 0 Å². The highest BCUT2D eigenvalue weighted by atomic mass is 16.2. The van der Waals surface area contributed by atoms with Crippen molar-refractivity contribution in [1.82, 2.24) is 0 Å². The van der Waals surface area contributed by atoms with Crippen LogP contribution in [0.5, 0.6) is 0 Å². The smallest absolute Gasteiger partial charge is 0.255 e. The van der Waals surface area contributed by atoms with E-state index in [1.54, 1.807) is 24.3 Å². The SMILES string of the molecule is O=Cc1cc(-c2ccc(NC(=O)c3ccccc3)cc2)cc(-c2ccc(NC(=O)c3ccccc3)cc2)c1. The van der Waals surface area contributed by atoms with Gasteiger partial charge in [0.25, 0.3) is 11.8 Å². The Morgan fingerprint density at radius 1 is 0.474 bits per heavy atom. The molecule has 184 valence electrons. The summed E-state index contributed by atoms with van der Waals surface area (Å²) in [7, 11) is 0. The van der Waals surface area contributed by atoms with Crippen LogP contribution in [0.1, 0.15) is 31.1 Å². The molecule has 0 saturated carbocycles. The van der Waals surface area contributed by atoms with Gasteiger partial charge in [-0.3, -0.25) is 14.4 Å². The van der Waals surface area contributed by atoms with Crippen molar-refractivity contribution in [2.45, 2.75) is 0 Å². The summed E-state index contributed by atoms with van der Waals surface area (Å²) in [5.74, 6) is -0.348. The van der Waals surface area contributed by atoms with E-state index in [0.29, 0.717) is 28.1 Å². The van der Waals surface area contributed by atoms with Crippen LogP contribution in [0.15, 0.2) is 127 Å². The number of anilines is 2. The fraction of sp³-hybridized carbons (Fsp3) is 0. The zero-order chi connectivity index (χ0) is 26.3. The van der Waals surface area contributed by atoms with Crippen LogP contribution in [0.2, 0.25) is 0 Å². The lowest BCUT2D eigenvalue weighted by Crippen LogP contribution is -2.11. The van der Waals surface area contributed by atoms with Gasteiger partial charge < -0.3 is 10.6 Å². The van der Waals surface area contributed by atoms with Crippen LogP contribution in [0.25, 0.3) is 22.3 Å². The molecule has 5 aromatic rings. The molecular weight excluding hydrogens is 472 g/mol. The van der Waals surface area contributed by atoms with E-state index in [2.05, 4.69) is 10.6 Å². The number of carbonyl (C=O) groups is 3. The average molecular weight is 497 g/mol. The molecule has 0 spiro atoms. The first-order valence-corrected chi connectivity index (χ1v) is 12.1. The number of rotatable bonds is 7. The molecule has 0 bridgehead atoms. The molecule has 2 amide bonds. The lowest BCUT2D eigenvalue weighted by atomic mass is 9.96. The quantitative estimate of drug-likeness (QED) is 0.232. The summed E-state index contributed by atoms with van der Waals surface area (Å²) in [6.45, 7) is 0. The summed E-state index contributed by atoms with van der Waals surface area (Å²) < 4.78 is 0. The molecule has 5 nitrogen and oxygen atoms in total. The Balaban J connectivity index is 1.34. The number of aldehydes is 1. The summed E-state index contributed by atoms with van der Waals surface area (Å²) >= 11 is 0. The molecule has 0 heterocycles. The van der Waals surface area contributed by atoms with Gasteiger partial charge in [0.05, 0.1) is 0 Å². The molecule has 0 atom stereocenters. The van der Waals surface area contributed by atoms with Crippen LogP contribution in [0, 0.1) is 0 Å². The van der Waals surface area contributed by atoms with Gasteiger partial charge >= 0.3 is 0 Å². The maximum atomic E-state index is 12.4. The third-order valence-corrected chi connectivity index (χ3v) is 6.12. The predicted molar refractivity (Wildman–Crippen MR) is 151 cm³/mol. The highest BCUT2D eigenvalue weighted by molar-refractivity contribution is 6.05. The number of carbonyl (C=O) groups excluding carboxylic acids is 3. The van der Waals surface area contributed by atoms with Crippen molar-refractivity contribution in [3.8, 4) is 22.3 Å². The first-order chi connectivity index (χ1) is 18.6. The molecule has 0 fully saturated rings. The van der Waals surface area contributed by atoms with Crippen LogP contribution >= 0.6 is 0 Å². The number of nitrogens with one attached hydrogen (secondary N) is 2. The Labute approximate surface area is 220 Å². The summed E-state index contributed by atoms with van der Waals surface area (Å²) in [5.41, 5.74) is 6.69. The third-order valence-electron chi connectivity index (χ3n) is 6.12. The maximum Gasteiger partial charge on any atom is 0.255 e. The largest absolute Gasteiger partial charge is 0.322 e. The molecule has 0 aliphatic heterocycles. The molecule has 5 rings (SSSR count). The van der Waals surface area contributed by atoms with Crippen molar-refractivity contribution in [2.75, 3.05) is 10.6 Å². The molecule has 0 saturated heterocycles. The van der Waals surface area contributed by atoms with E-state index in [0.717, 1.165) is 28.5 Å². The van der Waals surface area contributed by atoms with Gasteiger partial charge in [0.1, 0.15) is 6.29 Å². The van der Waals surface area contributed by atoms with Crippen molar-refractivity contribution >= 4 is 29.5 Å². The first-order valence-electron chi connectivity index (χ1n) is 12.1. The Hall–Kier alpha value is -5.29. The standard InChI is InChI=1S/C33H24N2O3/c36-22-23-19-28(24-11-15-30(16-12-24)34-32(37)26-7-3-1-4-8-26)21-29(20-23)25-13-17-31(18-14-25)35-33(38)27-9-5-2-6-10-27/h1-22H,(H,34,37)(H,35,38). The van der Waals surface area contributed by atoms with Gasteiger partial charge in [-0.05, 0) is 89.0 Å². The van der Waals surface area contributed by atoms with Gasteiger partial charge in [-0.1, -0.05) is 60.7 Å². The lowest BCUT2D eigenvalue weighted by molar-refractivity contribution is 0.101. The average Bonchev–Trinajstić information content (AvgIpc) is 2.98. The van der Waals surface area contributed by atoms with Crippen LogP contribution in [0.4, 0.5) is 11.4 Å². The zero-order valence-electron chi connectivity index (χ0n) is 20.4. The van der Waals surface area contributed by atoms with Crippen molar-refractivity contribution in [3.05, 3.63) is 144 Å². The van der Waals surface area contributed by atoms with Gasteiger partial charge in [-0.15, -0.1) is 0 Å². The fourth-order valence-corrected chi connectivity index (χ4v) is 4.13. The summed E-state index contributed by atoms with van der Waals surface area (Å²) in [6, 6.07) is 38.8. The second-order valence-electron chi connectivity index (χ2n) is 8.76. The Morgan fingerprint density at radius 3 is 1.24 bits per heavy atom. The highest BCUT2D eigenvalue weighted by Crippen LogP contribution is 2.30. The molecule has 38 heavy (non-hydrogen) atoms. The molecule has 0 unspecified atom stereocenters. The Bertz CT molecular complexity index is 1460. The molecule has 0 aromatic heterocycles. The minimum Gasteiger partial charge on any atom is -0.322 e. The maximum absolute atomic E-state index is 12.4. The van der Waals surface area contributed by atoms with Gasteiger partial charge in [-0.2, -0.15) is 0 Å². The minimum atomic E-state index is -0.174. The van der Waals surface area contributed by atoms with E-state index in [9.17, 15) is 14.4 Å². The van der Waals surface area contributed by atoms with E-state index in [-0.39, 0.29) is 11.8 Å². The second kappa shape index (κ2) is 11.2. The summed E-state index contributed by atoms with van der Waals surface area (Å²) in [4.78, 5) is 36.6. The van der Waals surface area contributed by atoms with Crippen LogP contribution < -0.4 is 10.6 Å². The van der Waals surface area contributed by atoms with Gasteiger partial charge in [0.15, 0.2) is 0 Å². The zero-order valence-corrected chi connectivity index (χ0v) is 20.4. The topological polar surface area (TPSA) is 75.3 Å². The second-order valence-corrected chi connectivity index (χ2v) is 8.76. The fourth-order valence-electron chi connectivity index (χ4n) is 4.13. The first kappa shape index (κ1) is 24.4. The van der Waals surface area contributed by atoms with Crippen molar-refractivity contribution in [2.24, 2.45) is 0 Å². The molecule has 0 radical (unpaired) electrons. The van der Waals surface area contributed by atoms with Crippen LogP contribution in [-0.2, 0) is 0 Å². The number of hydrogen-bond acceptors (Lipinski definition) is 3. The molecule has 0 aliphatic rings. The van der Waals surface area contributed by atoms with Gasteiger partial charge in [-0.25, -0.2) is 0 Å². The van der Waals surface area contributed by atoms with Crippen molar-refractivity contribution in [1.29, 1.82) is 0 Å². The Kier molecular flexibility index (Phi) is 7.18. The number of hydrogen-bond donors (Lipinski definition) is 2. The van der Waals surface area contributed by atoms with Crippen LogP contribution in [-0.4, -0.2) is 18.1 Å². The number of benzene rings is 5. The molecule has 5 heteroatoms. The Morgan fingerprint density at radius 2 is 0.868 bits per heavy atom.